The molecule has 0 amide bonds. The summed E-state index contributed by atoms with van der Waals surface area (Å²) < 4.78 is 0. The van der Waals surface area contributed by atoms with Crippen LogP contribution in [-0.2, 0) is 0 Å². The van der Waals surface area contributed by atoms with Gasteiger partial charge in [0.05, 0.1) is 0 Å². The Hall–Kier alpha value is 0. The largest absolute Gasteiger partial charge is 0.0654 e. The van der Waals surface area contributed by atoms with E-state index in [1.807, 2.05) is 0 Å². The quantitative estimate of drug-likeness (QED) is 0.0533. The predicted octanol–water partition coefficient (Wildman–Crippen LogP) is 42.8. The molecule has 0 nitrogen and oxygen atoms in total. The van der Waals surface area contributed by atoms with Gasteiger partial charge in [-0.05, 0) is 170 Å². The third-order valence-corrected chi connectivity index (χ3v) is 32.1. The van der Waals surface area contributed by atoms with E-state index in [1.165, 1.54) is 469 Å². The first-order valence-corrected chi connectivity index (χ1v) is 55.9. The van der Waals surface area contributed by atoms with Crippen molar-refractivity contribution in [1.29, 1.82) is 0 Å². The molecule has 15 atom stereocenters. The second-order valence-electron chi connectivity index (χ2n) is 41.8. The van der Waals surface area contributed by atoms with Gasteiger partial charge in [0.15, 0.2) is 0 Å². The molecule has 0 saturated heterocycles. The normalized spacial score (nSPS) is 17.3. The van der Waals surface area contributed by atoms with Crippen LogP contribution in [0.5, 0.6) is 0 Å². The molecule has 0 heteroatoms. The van der Waals surface area contributed by atoms with Crippen molar-refractivity contribution < 1.29 is 0 Å². The molecular weight excluding hydrogens is 1380 g/mol. The lowest BCUT2D eigenvalue weighted by molar-refractivity contribution is -0.256. The molecule has 0 rings (SSSR count). The van der Waals surface area contributed by atoms with Crippen LogP contribution in [0.3, 0.4) is 0 Å². The molecule has 115 heavy (non-hydrogen) atoms. The summed E-state index contributed by atoms with van der Waals surface area (Å²) in [7, 11) is 0. The molecule has 0 bridgehead atoms. The third-order valence-electron chi connectivity index (χ3n) is 32.1. The molecule has 0 saturated carbocycles. The van der Waals surface area contributed by atoms with Gasteiger partial charge in [0.1, 0.15) is 0 Å². The molecule has 0 spiro atoms. The topological polar surface area (TPSA) is 0 Å². The van der Waals surface area contributed by atoms with E-state index in [4.69, 9.17) is 0 Å². The standard InChI is InChI=1S/C115H231/c1-23-44-54-56-65-88-110(76-41-19)115(99-109(75-40-18)84-63-52-31-9,113(96-106(72-37-15)82-61-50-29-7,92-67-87-101(43-21)78-57-46-25-3)100(22)94-104(70-35-13)80-59-48-27-5)114(97-107(73-38-16)83-62-51-30-8,98-108(74-39-17)85-64-55-45-24-2)112(91-42-20,93-90-103(69-34-12)79-58-47-26-4)111(95-105(71-36-14)81-60-49-28-6)89-66-86-102(68-33-11)77-53-32-10/h100-110H,23-99H2,1-22H3. The van der Waals surface area contributed by atoms with Crippen molar-refractivity contribution >= 4 is 0 Å². The van der Waals surface area contributed by atoms with E-state index in [9.17, 15) is 0 Å². The summed E-state index contributed by atoms with van der Waals surface area (Å²) in [6.07, 6.45) is 111. The van der Waals surface area contributed by atoms with Gasteiger partial charge in [0.25, 0.3) is 0 Å². The van der Waals surface area contributed by atoms with E-state index in [0.29, 0.717) is 5.92 Å². The maximum absolute atomic E-state index is 3.23. The minimum atomic E-state index is 0.135. The molecule has 0 aromatic carbocycles. The lowest BCUT2D eigenvalue weighted by atomic mass is 9.29. The summed E-state index contributed by atoms with van der Waals surface area (Å²) in [6, 6.07) is 0. The fraction of sp³-hybridized carbons (Fsp3) is 0.991. The van der Waals surface area contributed by atoms with Crippen molar-refractivity contribution in [3.63, 3.8) is 0 Å². The van der Waals surface area contributed by atoms with Crippen molar-refractivity contribution in [2.24, 2.45) is 86.8 Å². The summed E-state index contributed by atoms with van der Waals surface area (Å²) in [5, 5.41) is 0. The van der Waals surface area contributed by atoms with Crippen LogP contribution in [0, 0.1) is 92.7 Å². The summed E-state index contributed by atoms with van der Waals surface area (Å²) in [6.45, 7) is 58.3. The Labute approximate surface area is 734 Å². The zero-order valence-corrected chi connectivity index (χ0v) is 85.3. The molecule has 0 aliphatic heterocycles. The highest BCUT2D eigenvalue weighted by molar-refractivity contribution is 5.26. The number of hydrogen-bond acceptors (Lipinski definition) is 0. The fourth-order valence-corrected chi connectivity index (χ4v) is 26.5. The Kier molecular flexibility index (Phi) is 77.6. The van der Waals surface area contributed by atoms with E-state index in [2.05, 4.69) is 158 Å². The first-order chi connectivity index (χ1) is 56.1. The van der Waals surface area contributed by atoms with Gasteiger partial charge in [-0.15, -0.1) is 0 Å². The van der Waals surface area contributed by atoms with Gasteiger partial charge in [-0.2, -0.15) is 0 Å². The second-order valence-corrected chi connectivity index (χ2v) is 41.8. The molecule has 0 aromatic rings. The van der Waals surface area contributed by atoms with Crippen molar-refractivity contribution in [2.75, 3.05) is 0 Å². The lowest BCUT2D eigenvalue weighted by Crippen LogP contribution is -2.68. The van der Waals surface area contributed by atoms with Crippen LogP contribution in [0.2, 0.25) is 0 Å². The van der Waals surface area contributed by atoms with Crippen molar-refractivity contribution in [2.45, 2.75) is 647 Å². The highest BCUT2D eigenvalue weighted by Gasteiger charge is 2.73. The summed E-state index contributed by atoms with van der Waals surface area (Å²) in [5.74, 6) is 11.0. The Morgan fingerprint density at radius 1 is 0.209 bits per heavy atom. The zero-order valence-electron chi connectivity index (χ0n) is 85.3. The van der Waals surface area contributed by atoms with Gasteiger partial charge in [-0.3, -0.25) is 0 Å². The number of hydrogen-bond donors (Lipinski definition) is 0. The molecule has 0 fully saturated rings. The lowest BCUT2D eigenvalue weighted by Gasteiger charge is -2.75. The Bertz CT molecular complexity index is 1940. The van der Waals surface area contributed by atoms with E-state index >= 15 is 0 Å². The van der Waals surface area contributed by atoms with E-state index in [1.54, 1.807) is 25.7 Å². The molecule has 0 aliphatic carbocycles. The first-order valence-electron chi connectivity index (χ1n) is 55.9. The highest BCUT2D eigenvalue weighted by Crippen LogP contribution is 2.80. The zero-order chi connectivity index (χ0) is 85.4. The van der Waals surface area contributed by atoms with Crippen LogP contribution >= 0.6 is 0 Å². The van der Waals surface area contributed by atoms with Gasteiger partial charge >= 0.3 is 0 Å². The van der Waals surface area contributed by atoms with Crippen LogP contribution in [0.4, 0.5) is 0 Å². The molecule has 0 aliphatic rings. The second kappa shape index (κ2) is 77.6. The average Bonchev–Trinajstić information content (AvgIpc) is 0.671. The molecule has 691 valence electrons. The summed E-state index contributed by atoms with van der Waals surface area (Å²) in [5.41, 5.74) is 0.621. The monoisotopic (exact) mass is 1610 g/mol. The van der Waals surface area contributed by atoms with E-state index in [-0.39, 0.29) is 21.7 Å². The number of rotatable bonds is 92. The van der Waals surface area contributed by atoms with Crippen molar-refractivity contribution in [1.82, 2.24) is 0 Å². The van der Waals surface area contributed by atoms with Crippen LogP contribution in [0.15, 0.2) is 0 Å². The van der Waals surface area contributed by atoms with Crippen LogP contribution < -0.4 is 0 Å². The minimum absolute atomic E-state index is 0.135. The van der Waals surface area contributed by atoms with E-state index < -0.39 is 0 Å². The molecule has 0 heterocycles. The first kappa shape index (κ1) is 115. The third kappa shape index (κ3) is 45.6. The van der Waals surface area contributed by atoms with Gasteiger partial charge in [0.2, 0.25) is 0 Å². The maximum Gasteiger partial charge on any atom is -0.0145 e. The van der Waals surface area contributed by atoms with Crippen molar-refractivity contribution in [3.8, 4) is 0 Å². The number of unbranched alkanes of at least 4 members (excludes halogenated alkanes) is 22. The molecular formula is C115H231. The predicted molar refractivity (Wildman–Crippen MR) is 532 cm³/mol. The molecule has 0 aromatic heterocycles. The smallest absolute Gasteiger partial charge is 0.0145 e. The van der Waals surface area contributed by atoms with Crippen molar-refractivity contribution in [3.05, 3.63) is 5.92 Å². The van der Waals surface area contributed by atoms with Crippen LogP contribution in [-0.4, -0.2) is 0 Å². The molecule has 15 unspecified atom stereocenters. The SMILES string of the molecule is CCCCCCCC(CCC)C(CC(CCC)CCCCC)(C(CCCC(CC)CCCCC)(CC(CCC)CCCCC)C(C)CC(CCC)CCCCC)C(CC(CCC)CCCCC)(CC(CCC)CCCCCC)C(CCC)(CCC(CCC)CCCCC)[C](CCCC(CCC)CCCC)CC(CCC)CCCCC. The molecule has 1 radical (unpaired) electrons. The Morgan fingerprint density at radius 2 is 0.522 bits per heavy atom. The van der Waals surface area contributed by atoms with Gasteiger partial charge in [0, 0.05) is 0 Å². The van der Waals surface area contributed by atoms with Gasteiger partial charge in [-0.1, -0.05) is 570 Å². The van der Waals surface area contributed by atoms with E-state index in [0.717, 1.165) is 59.2 Å². The highest BCUT2D eigenvalue weighted by atomic mass is 14.8. The van der Waals surface area contributed by atoms with Gasteiger partial charge < -0.3 is 0 Å². The summed E-state index contributed by atoms with van der Waals surface area (Å²) >= 11 is 0. The Balaban J connectivity index is 13.2. The summed E-state index contributed by atoms with van der Waals surface area (Å²) in [4.78, 5) is 0. The Morgan fingerprint density at radius 3 is 0.957 bits per heavy atom. The fourth-order valence-electron chi connectivity index (χ4n) is 26.5. The van der Waals surface area contributed by atoms with Gasteiger partial charge in [-0.25, -0.2) is 0 Å². The van der Waals surface area contributed by atoms with Crippen LogP contribution in [0.25, 0.3) is 0 Å². The molecule has 0 N–H and O–H groups in total. The average molecular weight is 1610 g/mol. The minimum Gasteiger partial charge on any atom is -0.0654 e. The van der Waals surface area contributed by atoms with Crippen LogP contribution in [0.1, 0.15) is 647 Å². The maximum atomic E-state index is 3.23.